The van der Waals surface area contributed by atoms with E-state index in [0.717, 1.165) is 21.3 Å². The van der Waals surface area contributed by atoms with E-state index in [-0.39, 0.29) is 0 Å². The van der Waals surface area contributed by atoms with Crippen molar-refractivity contribution in [3.8, 4) is 5.75 Å². The minimum absolute atomic E-state index is 0.503. The van der Waals surface area contributed by atoms with E-state index in [2.05, 4.69) is 20.9 Å². The second kappa shape index (κ2) is 6.52. The smallest absolute Gasteiger partial charge is 0.120 e. The topological polar surface area (TPSA) is 31.4 Å². The monoisotopic (exact) mass is 307 g/mol. The molecular weight excluding hydrogens is 294 g/mol. The fraction of sp³-hybridized carbons (Fsp3) is 0.214. The van der Waals surface area contributed by atoms with Gasteiger partial charge in [-0.2, -0.15) is 0 Å². The number of aromatic nitrogens is 1. The summed E-state index contributed by atoms with van der Waals surface area (Å²) in [5.74, 6) is 0.838. The van der Waals surface area contributed by atoms with Crippen molar-refractivity contribution in [2.24, 2.45) is 0 Å². The van der Waals surface area contributed by atoms with Crippen molar-refractivity contribution >= 4 is 15.9 Å². The van der Waals surface area contributed by atoms with Crippen molar-refractivity contribution in [2.45, 2.75) is 13.2 Å². The second-order valence-electron chi connectivity index (χ2n) is 3.88. The first-order chi connectivity index (χ1) is 8.78. The molecule has 0 atom stereocenters. The van der Waals surface area contributed by atoms with Gasteiger partial charge in [-0.3, -0.25) is 4.98 Å². The Morgan fingerprint density at radius 3 is 2.78 bits per heavy atom. The van der Waals surface area contributed by atoms with Gasteiger partial charge in [0.2, 0.25) is 0 Å². The van der Waals surface area contributed by atoms with Crippen LogP contribution in [-0.4, -0.2) is 12.1 Å². The van der Waals surface area contributed by atoms with Crippen LogP contribution in [0, 0.1) is 0 Å². The van der Waals surface area contributed by atoms with E-state index in [0.29, 0.717) is 13.2 Å². The Morgan fingerprint density at radius 1 is 1.11 bits per heavy atom. The molecule has 2 aromatic rings. The van der Waals surface area contributed by atoms with Crippen molar-refractivity contribution in [3.63, 3.8) is 0 Å². The third-order valence-electron chi connectivity index (χ3n) is 2.38. The third-order valence-corrected chi connectivity index (χ3v) is 2.81. The zero-order valence-electron chi connectivity index (χ0n) is 10.1. The average Bonchev–Trinajstić information content (AvgIpc) is 2.37. The molecule has 0 unspecified atom stereocenters. The summed E-state index contributed by atoms with van der Waals surface area (Å²) in [5, 5.41) is 0. The highest BCUT2D eigenvalue weighted by Gasteiger charge is 1.99. The van der Waals surface area contributed by atoms with Gasteiger partial charge in [-0.25, -0.2) is 0 Å². The molecule has 0 aliphatic heterocycles. The molecule has 2 rings (SSSR count). The number of nitrogens with zero attached hydrogens (tertiary/aromatic N) is 1. The molecule has 0 saturated heterocycles. The number of hydrogen-bond donors (Lipinski definition) is 0. The second-order valence-corrected chi connectivity index (χ2v) is 4.80. The summed E-state index contributed by atoms with van der Waals surface area (Å²) in [4.78, 5) is 4.10. The summed E-state index contributed by atoms with van der Waals surface area (Å²) in [6.45, 7) is 1.10. The molecule has 3 nitrogen and oxygen atoms in total. The first-order valence-electron chi connectivity index (χ1n) is 5.58. The molecule has 0 aliphatic rings. The Hall–Kier alpha value is -1.39. The van der Waals surface area contributed by atoms with Gasteiger partial charge in [-0.15, -0.1) is 0 Å². The summed E-state index contributed by atoms with van der Waals surface area (Å²) in [7, 11) is 1.68. The fourth-order valence-corrected chi connectivity index (χ4v) is 2.01. The van der Waals surface area contributed by atoms with Crippen LogP contribution in [0.3, 0.4) is 0 Å². The molecule has 4 heteroatoms. The normalized spacial score (nSPS) is 10.3. The summed E-state index contributed by atoms with van der Waals surface area (Å²) >= 11 is 3.39. The van der Waals surface area contributed by atoms with Gasteiger partial charge >= 0.3 is 0 Å². The molecule has 0 radical (unpaired) electrons. The van der Waals surface area contributed by atoms with E-state index in [9.17, 15) is 0 Å². The average molecular weight is 308 g/mol. The van der Waals surface area contributed by atoms with Crippen molar-refractivity contribution in [3.05, 3.63) is 58.3 Å². The van der Waals surface area contributed by atoms with Gasteiger partial charge in [0, 0.05) is 29.5 Å². The van der Waals surface area contributed by atoms with Crippen LogP contribution in [0.2, 0.25) is 0 Å². The molecule has 0 bridgehead atoms. The number of rotatable bonds is 5. The minimum atomic E-state index is 0.503. The van der Waals surface area contributed by atoms with Crippen LogP contribution in [0.5, 0.6) is 5.75 Å². The van der Waals surface area contributed by atoms with Crippen LogP contribution >= 0.6 is 15.9 Å². The molecule has 0 amide bonds. The maximum Gasteiger partial charge on any atom is 0.120 e. The summed E-state index contributed by atoms with van der Waals surface area (Å²) in [6, 6.07) is 9.88. The maximum absolute atomic E-state index is 5.72. The molecule has 18 heavy (non-hydrogen) atoms. The highest BCUT2D eigenvalue weighted by Crippen LogP contribution is 2.16. The van der Waals surface area contributed by atoms with Gasteiger partial charge < -0.3 is 9.47 Å². The molecule has 1 heterocycles. The molecule has 0 N–H and O–H groups in total. The largest absolute Gasteiger partial charge is 0.489 e. The van der Waals surface area contributed by atoms with Crippen LogP contribution < -0.4 is 4.74 Å². The highest BCUT2D eigenvalue weighted by molar-refractivity contribution is 9.10. The SMILES string of the molecule is COCc1cccc(OCc2cncc(Br)c2)c1. The maximum atomic E-state index is 5.72. The Morgan fingerprint density at radius 2 is 2.00 bits per heavy atom. The Kier molecular flexibility index (Phi) is 4.73. The van der Waals surface area contributed by atoms with E-state index < -0.39 is 0 Å². The lowest BCUT2D eigenvalue weighted by Crippen LogP contribution is -1.97. The summed E-state index contributed by atoms with van der Waals surface area (Å²) < 4.78 is 11.8. The Bertz CT molecular complexity index is 517. The number of ether oxygens (including phenoxy) is 2. The number of methoxy groups -OCH3 is 1. The van der Waals surface area contributed by atoms with Crippen LogP contribution in [0.4, 0.5) is 0 Å². The van der Waals surface area contributed by atoms with E-state index in [1.54, 1.807) is 19.5 Å². The number of halogens is 1. The molecule has 0 aliphatic carbocycles. The van der Waals surface area contributed by atoms with Gasteiger partial charge in [-0.1, -0.05) is 12.1 Å². The Labute approximate surface area is 115 Å². The number of pyridine rings is 1. The number of benzene rings is 1. The minimum Gasteiger partial charge on any atom is -0.489 e. The zero-order chi connectivity index (χ0) is 12.8. The number of hydrogen-bond acceptors (Lipinski definition) is 3. The molecule has 0 fully saturated rings. The van der Waals surface area contributed by atoms with Crippen LogP contribution in [0.1, 0.15) is 11.1 Å². The van der Waals surface area contributed by atoms with Crippen molar-refractivity contribution in [1.82, 2.24) is 4.98 Å². The van der Waals surface area contributed by atoms with E-state index in [4.69, 9.17) is 9.47 Å². The molecular formula is C14H14BrNO2. The molecule has 1 aromatic carbocycles. The zero-order valence-corrected chi connectivity index (χ0v) is 11.7. The van der Waals surface area contributed by atoms with Gasteiger partial charge in [0.1, 0.15) is 12.4 Å². The predicted molar refractivity (Wildman–Crippen MR) is 73.4 cm³/mol. The van der Waals surface area contributed by atoms with Crippen molar-refractivity contribution < 1.29 is 9.47 Å². The lowest BCUT2D eigenvalue weighted by Gasteiger charge is -2.08. The van der Waals surface area contributed by atoms with Crippen LogP contribution in [0.25, 0.3) is 0 Å². The van der Waals surface area contributed by atoms with Crippen molar-refractivity contribution in [1.29, 1.82) is 0 Å². The van der Waals surface area contributed by atoms with E-state index >= 15 is 0 Å². The van der Waals surface area contributed by atoms with Gasteiger partial charge in [0.15, 0.2) is 0 Å². The summed E-state index contributed by atoms with van der Waals surface area (Å²) in [5.41, 5.74) is 2.13. The molecule has 94 valence electrons. The standard InChI is InChI=1S/C14H14BrNO2/c1-17-9-11-3-2-4-14(6-11)18-10-12-5-13(15)8-16-7-12/h2-8H,9-10H2,1H3. The fourth-order valence-electron chi connectivity index (χ4n) is 1.59. The third kappa shape index (κ3) is 3.82. The van der Waals surface area contributed by atoms with Gasteiger partial charge in [0.25, 0.3) is 0 Å². The first-order valence-corrected chi connectivity index (χ1v) is 6.37. The van der Waals surface area contributed by atoms with Crippen LogP contribution in [-0.2, 0) is 18.0 Å². The predicted octanol–water partition coefficient (Wildman–Crippen LogP) is 3.57. The van der Waals surface area contributed by atoms with Crippen molar-refractivity contribution in [2.75, 3.05) is 7.11 Å². The van der Waals surface area contributed by atoms with Gasteiger partial charge in [-0.05, 0) is 39.7 Å². The van der Waals surface area contributed by atoms with E-state index in [1.807, 2.05) is 30.3 Å². The highest BCUT2D eigenvalue weighted by atomic mass is 79.9. The lowest BCUT2D eigenvalue weighted by atomic mass is 10.2. The molecule has 1 aromatic heterocycles. The molecule has 0 spiro atoms. The quantitative estimate of drug-likeness (QED) is 0.846. The first kappa shape index (κ1) is 13.1. The lowest BCUT2D eigenvalue weighted by molar-refractivity contribution is 0.184. The van der Waals surface area contributed by atoms with E-state index in [1.165, 1.54) is 0 Å². The van der Waals surface area contributed by atoms with Gasteiger partial charge in [0.05, 0.1) is 6.61 Å². The summed E-state index contributed by atoms with van der Waals surface area (Å²) in [6.07, 6.45) is 3.55. The van der Waals surface area contributed by atoms with Crippen LogP contribution in [0.15, 0.2) is 47.2 Å². The Balaban J connectivity index is 1.99. The molecule has 0 saturated carbocycles.